The lowest BCUT2D eigenvalue weighted by molar-refractivity contribution is -0.146. The molecule has 1 atom stereocenters. The molecule has 6 heteroatoms. The van der Waals surface area contributed by atoms with Crippen LogP contribution in [-0.2, 0) is 14.3 Å². The van der Waals surface area contributed by atoms with Crippen LogP contribution in [0.1, 0.15) is 19.4 Å². The molecule has 0 saturated carbocycles. The standard InChI is InChI=1S/C14H15Cl2NO3/c1-3-20-14(19)9(2)17-13(18)7-5-10-4-6-11(15)8-12(10)16/h4-9H,3H2,1-2H3,(H,17,18)/b7-5+/t9-/m1/s1. The zero-order chi connectivity index (χ0) is 15.1. The molecular formula is C14H15Cl2NO3. The van der Waals surface area contributed by atoms with Crippen LogP contribution in [0.2, 0.25) is 10.0 Å². The van der Waals surface area contributed by atoms with Gasteiger partial charge in [-0.25, -0.2) is 4.79 Å². The van der Waals surface area contributed by atoms with Crippen molar-refractivity contribution in [2.45, 2.75) is 19.9 Å². The Labute approximate surface area is 127 Å². The van der Waals surface area contributed by atoms with Crippen LogP contribution >= 0.6 is 23.2 Å². The summed E-state index contributed by atoms with van der Waals surface area (Å²) in [5.74, 6) is -0.879. The lowest BCUT2D eigenvalue weighted by Crippen LogP contribution is -2.38. The Balaban J connectivity index is 2.61. The molecule has 0 heterocycles. The van der Waals surface area contributed by atoms with Crippen LogP contribution in [0, 0.1) is 0 Å². The van der Waals surface area contributed by atoms with Crippen molar-refractivity contribution >= 4 is 41.2 Å². The van der Waals surface area contributed by atoms with Gasteiger partial charge in [-0.05, 0) is 37.6 Å². The fraction of sp³-hybridized carbons (Fsp3) is 0.286. The molecule has 1 rings (SSSR count). The summed E-state index contributed by atoms with van der Waals surface area (Å²) in [6.07, 6.45) is 2.84. The minimum absolute atomic E-state index is 0.273. The monoisotopic (exact) mass is 315 g/mol. The van der Waals surface area contributed by atoms with Gasteiger partial charge < -0.3 is 10.1 Å². The summed E-state index contributed by atoms with van der Waals surface area (Å²) in [4.78, 5) is 23.0. The van der Waals surface area contributed by atoms with Crippen molar-refractivity contribution in [3.05, 3.63) is 39.9 Å². The van der Waals surface area contributed by atoms with Gasteiger partial charge in [-0.2, -0.15) is 0 Å². The Bertz CT molecular complexity index is 529. The fourth-order valence-electron chi connectivity index (χ4n) is 1.39. The number of nitrogens with one attached hydrogen (secondary N) is 1. The summed E-state index contributed by atoms with van der Waals surface area (Å²) in [6, 6.07) is 4.25. The number of carbonyl (C=O) groups is 2. The zero-order valence-electron chi connectivity index (χ0n) is 11.2. The molecule has 0 aliphatic rings. The molecule has 108 valence electrons. The van der Waals surface area contributed by atoms with Gasteiger partial charge in [0.05, 0.1) is 6.61 Å². The third-order valence-electron chi connectivity index (χ3n) is 2.38. The van der Waals surface area contributed by atoms with Gasteiger partial charge in [0.1, 0.15) is 6.04 Å². The predicted octanol–water partition coefficient (Wildman–Crippen LogP) is 3.07. The Morgan fingerprint density at radius 3 is 2.70 bits per heavy atom. The van der Waals surface area contributed by atoms with Gasteiger partial charge in [-0.3, -0.25) is 4.79 Å². The molecule has 1 aromatic rings. The summed E-state index contributed by atoms with van der Waals surface area (Å²) in [5, 5.41) is 3.46. The van der Waals surface area contributed by atoms with Gasteiger partial charge in [0.2, 0.25) is 5.91 Å². The van der Waals surface area contributed by atoms with Crippen LogP contribution < -0.4 is 5.32 Å². The highest BCUT2D eigenvalue weighted by Crippen LogP contribution is 2.21. The molecule has 0 aliphatic heterocycles. The number of hydrogen-bond acceptors (Lipinski definition) is 3. The first-order valence-electron chi connectivity index (χ1n) is 6.04. The number of halogens is 2. The van der Waals surface area contributed by atoms with E-state index in [-0.39, 0.29) is 6.61 Å². The Morgan fingerprint density at radius 1 is 1.40 bits per heavy atom. The Hall–Kier alpha value is -1.52. The maximum absolute atomic E-state index is 11.6. The first-order valence-corrected chi connectivity index (χ1v) is 6.80. The smallest absolute Gasteiger partial charge is 0.328 e. The molecule has 0 bridgehead atoms. The first-order chi connectivity index (χ1) is 9.43. The van der Waals surface area contributed by atoms with Gasteiger partial charge in [0, 0.05) is 16.1 Å². The molecule has 1 N–H and O–H groups in total. The number of esters is 1. The maximum Gasteiger partial charge on any atom is 0.328 e. The van der Waals surface area contributed by atoms with E-state index in [1.165, 1.54) is 6.08 Å². The van der Waals surface area contributed by atoms with Gasteiger partial charge in [0.25, 0.3) is 0 Å². The largest absolute Gasteiger partial charge is 0.464 e. The number of amides is 1. The molecule has 0 aromatic heterocycles. The Kier molecular flexibility index (Phi) is 6.55. The van der Waals surface area contributed by atoms with Gasteiger partial charge in [-0.15, -0.1) is 0 Å². The third-order valence-corrected chi connectivity index (χ3v) is 2.94. The summed E-state index contributed by atoms with van der Waals surface area (Å²) < 4.78 is 4.79. The van der Waals surface area contributed by atoms with Gasteiger partial charge in [-0.1, -0.05) is 29.3 Å². The van der Waals surface area contributed by atoms with Crippen molar-refractivity contribution in [1.82, 2.24) is 5.32 Å². The molecule has 0 fully saturated rings. The topological polar surface area (TPSA) is 55.4 Å². The highest BCUT2D eigenvalue weighted by molar-refractivity contribution is 6.35. The van der Waals surface area contributed by atoms with Gasteiger partial charge >= 0.3 is 5.97 Å². The van der Waals surface area contributed by atoms with E-state index in [1.54, 1.807) is 38.1 Å². The van der Waals surface area contributed by atoms with E-state index in [1.807, 2.05) is 0 Å². The number of ether oxygens (including phenoxy) is 1. The highest BCUT2D eigenvalue weighted by Gasteiger charge is 2.14. The van der Waals surface area contributed by atoms with Crippen molar-refractivity contribution in [2.24, 2.45) is 0 Å². The molecule has 0 aliphatic carbocycles. The summed E-state index contributed by atoms with van der Waals surface area (Å²) in [6.45, 7) is 3.53. The number of rotatable bonds is 5. The molecule has 4 nitrogen and oxygen atoms in total. The predicted molar refractivity (Wildman–Crippen MR) is 79.7 cm³/mol. The van der Waals surface area contributed by atoms with Crippen LogP contribution in [-0.4, -0.2) is 24.5 Å². The molecule has 0 radical (unpaired) electrons. The average Bonchev–Trinajstić information content (AvgIpc) is 2.37. The van der Waals surface area contributed by atoms with E-state index >= 15 is 0 Å². The normalized spacial score (nSPS) is 12.2. The van der Waals surface area contributed by atoms with Crippen molar-refractivity contribution in [1.29, 1.82) is 0 Å². The van der Waals surface area contributed by atoms with Crippen LogP contribution in [0.25, 0.3) is 6.08 Å². The molecule has 0 spiro atoms. The molecule has 1 aromatic carbocycles. The van der Waals surface area contributed by atoms with E-state index in [0.717, 1.165) is 0 Å². The second kappa shape index (κ2) is 7.92. The van der Waals surface area contributed by atoms with Crippen LogP contribution in [0.4, 0.5) is 0 Å². The van der Waals surface area contributed by atoms with Crippen LogP contribution in [0.5, 0.6) is 0 Å². The Morgan fingerprint density at radius 2 is 2.10 bits per heavy atom. The second-order valence-corrected chi connectivity index (χ2v) is 4.83. The molecule has 20 heavy (non-hydrogen) atoms. The average molecular weight is 316 g/mol. The lowest BCUT2D eigenvalue weighted by atomic mass is 10.2. The molecule has 0 unspecified atom stereocenters. The van der Waals surface area contributed by atoms with Crippen molar-refractivity contribution in [3.63, 3.8) is 0 Å². The number of hydrogen-bond donors (Lipinski definition) is 1. The summed E-state index contributed by atoms with van der Waals surface area (Å²) in [5.41, 5.74) is 0.662. The SMILES string of the molecule is CCOC(=O)[C@@H](C)NC(=O)/C=C/c1ccc(Cl)cc1Cl. The summed E-state index contributed by atoms with van der Waals surface area (Å²) in [7, 11) is 0. The quantitative estimate of drug-likeness (QED) is 0.671. The number of benzene rings is 1. The van der Waals surface area contributed by atoms with E-state index < -0.39 is 17.9 Å². The van der Waals surface area contributed by atoms with Crippen molar-refractivity contribution in [3.8, 4) is 0 Å². The fourth-order valence-corrected chi connectivity index (χ4v) is 1.86. The minimum Gasteiger partial charge on any atom is -0.464 e. The van der Waals surface area contributed by atoms with Crippen molar-refractivity contribution < 1.29 is 14.3 Å². The van der Waals surface area contributed by atoms with E-state index in [4.69, 9.17) is 27.9 Å². The van der Waals surface area contributed by atoms with Crippen molar-refractivity contribution in [2.75, 3.05) is 6.61 Å². The van der Waals surface area contributed by atoms with E-state index in [2.05, 4.69) is 5.32 Å². The maximum atomic E-state index is 11.6. The lowest BCUT2D eigenvalue weighted by Gasteiger charge is -2.10. The molecular weight excluding hydrogens is 301 g/mol. The number of carbonyl (C=O) groups excluding carboxylic acids is 2. The first kappa shape index (κ1) is 16.5. The third kappa shape index (κ3) is 5.23. The van der Waals surface area contributed by atoms with E-state index in [0.29, 0.717) is 15.6 Å². The van der Waals surface area contributed by atoms with E-state index in [9.17, 15) is 9.59 Å². The minimum atomic E-state index is -0.701. The zero-order valence-corrected chi connectivity index (χ0v) is 12.7. The van der Waals surface area contributed by atoms with Gasteiger partial charge in [0.15, 0.2) is 0 Å². The molecule has 0 saturated heterocycles. The van der Waals surface area contributed by atoms with Crippen LogP contribution in [0.15, 0.2) is 24.3 Å². The van der Waals surface area contributed by atoms with Crippen LogP contribution in [0.3, 0.4) is 0 Å². The molecule has 1 amide bonds. The highest BCUT2D eigenvalue weighted by atomic mass is 35.5. The second-order valence-electron chi connectivity index (χ2n) is 3.98. The summed E-state index contributed by atoms with van der Waals surface area (Å²) >= 11 is 11.7.